The van der Waals surface area contributed by atoms with Crippen molar-refractivity contribution in [2.45, 2.75) is 32.8 Å². The van der Waals surface area contributed by atoms with Crippen LogP contribution in [0.3, 0.4) is 0 Å². The molecule has 0 aliphatic rings. The average molecular weight is 279 g/mol. The zero-order valence-electron chi connectivity index (χ0n) is 11.3. The molecule has 5 heteroatoms. The van der Waals surface area contributed by atoms with Gasteiger partial charge in [-0.25, -0.2) is 0 Å². The average Bonchev–Trinajstić information content (AvgIpc) is 2.40. The maximum atomic E-state index is 5.59. The Morgan fingerprint density at radius 2 is 2.11 bits per heavy atom. The number of ether oxygens (including phenoxy) is 1. The summed E-state index contributed by atoms with van der Waals surface area (Å²) in [6.45, 7) is 3.67. The summed E-state index contributed by atoms with van der Waals surface area (Å²) in [6.07, 6.45) is 5.25. The number of nitrogens with one attached hydrogen (secondary N) is 1. The summed E-state index contributed by atoms with van der Waals surface area (Å²) < 4.78 is 5.59. The maximum Gasteiger partial charge on any atom is 0.184 e. The lowest BCUT2D eigenvalue weighted by Crippen LogP contribution is -2.23. The minimum atomic E-state index is 0.161. The van der Waals surface area contributed by atoms with Crippen LogP contribution in [-0.2, 0) is 11.3 Å². The Kier molecular flexibility index (Phi) is 7.77. The van der Waals surface area contributed by atoms with Crippen molar-refractivity contribution >= 4 is 23.5 Å². The second-order valence-electron chi connectivity index (χ2n) is 4.24. The second-order valence-corrected chi connectivity index (χ2v) is 4.68. The number of benzene rings is 1. The SMILES string of the molecule is CCCCCOCc1ccc(C=NNC(N)=S)cc1. The molecule has 0 saturated carbocycles. The molecule has 3 N–H and O–H groups in total. The van der Waals surface area contributed by atoms with Crippen molar-refractivity contribution in [1.82, 2.24) is 5.43 Å². The van der Waals surface area contributed by atoms with E-state index in [9.17, 15) is 0 Å². The van der Waals surface area contributed by atoms with Gasteiger partial charge in [-0.2, -0.15) is 5.10 Å². The summed E-state index contributed by atoms with van der Waals surface area (Å²) in [5, 5.41) is 4.05. The molecule has 4 nitrogen and oxygen atoms in total. The number of nitrogens with two attached hydrogens (primary N) is 1. The Labute approximate surface area is 120 Å². The van der Waals surface area contributed by atoms with E-state index in [0.29, 0.717) is 6.61 Å². The molecule has 0 spiro atoms. The van der Waals surface area contributed by atoms with Crippen molar-refractivity contribution in [1.29, 1.82) is 0 Å². The summed E-state index contributed by atoms with van der Waals surface area (Å²) in [5.41, 5.74) is 9.92. The van der Waals surface area contributed by atoms with E-state index in [1.165, 1.54) is 12.8 Å². The van der Waals surface area contributed by atoms with Crippen LogP contribution in [0.5, 0.6) is 0 Å². The molecule has 0 radical (unpaired) electrons. The molecule has 1 aromatic carbocycles. The third kappa shape index (κ3) is 7.54. The van der Waals surface area contributed by atoms with Crippen LogP contribution in [0.1, 0.15) is 37.3 Å². The van der Waals surface area contributed by atoms with Crippen molar-refractivity contribution in [2.75, 3.05) is 6.61 Å². The van der Waals surface area contributed by atoms with Gasteiger partial charge >= 0.3 is 0 Å². The molecule has 0 aromatic heterocycles. The molecule has 19 heavy (non-hydrogen) atoms. The number of thiocarbonyl (C=S) groups is 1. The third-order valence-corrected chi connectivity index (χ3v) is 2.62. The molecule has 1 rings (SSSR count). The molecule has 104 valence electrons. The highest BCUT2D eigenvalue weighted by Crippen LogP contribution is 2.05. The summed E-state index contributed by atoms with van der Waals surface area (Å²) in [4.78, 5) is 0. The van der Waals surface area contributed by atoms with Crippen LogP contribution in [0.2, 0.25) is 0 Å². The highest BCUT2D eigenvalue weighted by atomic mass is 32.1. The Morgan fingerprint density at radius 3 is 2.74 bits per heavy atom. The Hall–Kier alpha value is -1.46. The molecule has 1 aromatic rings. The van der Waals surface area contributed by atoms with Gasteiger partial charge in [0.1, 0.15) is 0 Å². The summed E-state index contributed by atoms with van der Waals surface area (Å²) in [7, 11) is 0. The molecule has 0 unspecified atom stereocenters. The van der Waals surface area contributed by atoms with E-state index in [4.69, 9.17) is 10.5 Å². The smallest absolute Gasteiger partial charge is 0.184 e. The zero-order valence-corrected chi connectivity index (χ0v) is 12.1. The van der Waals surface area contributed by atoms with Gasteiger partial charge in [-0.1, -0.05) is 44.0 Å². The first-order valence-corrected chi connectivity index (χ1v) is 6.88. The van der Waals surface area contributed by atoms with Gasteiger partial charge in [-0.3, -0.25) is 5.43 Å². The Balaban J connectivity index is 2.31. The summed E-state index contributed by atoms with van der Waals surface area (Å²) in [5.74, 6) is 0. The minimum Gasteiger partial charge on any atom is -0.377 e. The fourth-order valence-electron chi connectivity index (χ4n) is 1.51. The van der Waals surface area contributed by atoms with Crippen molar-refractivity contribution < 1.29 is 4.74 Å². The lowest BCUT2D eigenvalue weighted by Gasteiger charge is -2.04. The predicted octanol–water partition coefficient (Wildman–Crippen LogP) is 2.56. The predicted molar refractivity (Wildman–Crippen MR) is 83.1 cm³/mol. The van der Waals surface area contributed by atoms with E-state index in [2.05, 4.69) is 29.7 Å². The maximum absolute atomic E-state index is 5.59. The molecular formula is C14H21N3OS. The number of hydrogen-bond donors (Lipinski definition) is 2. The van der Waals surface area contributed by atoms with Crippen molar-refractivity contribution in [2.24, 2.45) is 10.8 Å². The Morgan fingerprint density at radius 1 is 1.37 bits per heavy atom. The van der Waals surface area contributed by atoms with Gasteiger partial charge in [0.15, 0.2) is 5.11 Å². The van der Waals surface area contributed by atoms with E-state index in [1.54, 1.807) is 6.21 Å². The second kappa shape index (κ2) is 9.47. The first-order valence-electron chi connectivity index (χ1n) is 6.47. The van der Waals surface area contributed by atoms with Crippen LogP contribution in [-0.4, -0.2) is 17.9 Å². The zero-order chi connectivity index (χ0) is 13.9. The van der Waals surface area contributed by atoms with E-state index >= 15 is 0 Å². The molecular weight excluding hydrogens is 258 g/mol. The van der Waals surface area contributed by atoms with Gasteiger partial charge < -0.3 is 10.5 Å². The van der Waals surface area contributed by atoms with E-state index in [1.807, 2.05) is 24.3 Å². The monoisotopic (exact) mass is 279 g/mol. The highest BCUT2D eigenvalue weighted by Gasteiger charge is 1.94. The topological polar surface area (TPSA) is 59.6 Å². The van der Waals surface area contributed by atoms with Gasteiger partial charge in [0.05, 0.1) is 12.8 Å². The summed E-state index contributed by atoms with van der Waals surface area (Å²) in [6, 6.07) is 8.02. The highest BCUT2D eigenvalue weighted by molar-refractivity contribution is 7.80. The first kappa shape index (κ1) is 15.6. The normalized spacial score (nSPS) is 10.8. The molecule has 0 aliphatic heterocycles. The van der Waals surface area contributed by atoms with Crippen LogP contribution >= 0.6 is 12.2 Å². The van der Waals surface area contributed by atoms with Crippen LogP contribution < -0.4 is 11.2 Å². The molecule has 0 amide bonds. The number of nitrogens with zero attached hydrogens (tertiary/aromatic N) is 1. The molecule has 0 fully saturated rings. The molecule has 0 saturated heterocycles. The van der Waals surface area contributed by atoms with Gasteiger partial charge in [-0.05, 0) is 29.8 Å². The fraction of sp³-hybridized carbons (Fsp3) is 0.429. The lowest BCUT2D eigenvalue weighted by molar-refractivity contribution is 0.117. The lowest BCUT2D eigenvalue weighted by atomic mass is 10.1. The van der Waals surface area contributed by atoms with Crippen LogP contribution in [0.25, 0.3) is 0 Å². The molecule has 0 heterocycles. The van der Waals surface area contributed by atoms with E-state index in [0.717, 1.165) is 24.2 Å². The van der Waals surface area contributed by atoms with Crippen molar-refractivity contribution in [3.05, 3.63) is 35.4 Å². The number of hydrogen-bond acceptors (Lipinski definition) is 3. The Bertz CT molecular complexity index is 404. The fourth-order valence-corrected chi connectivity index (χ4v) is 1.57. The molecule has 0 aliphatic carbocycles. The van der Waals surface area contributed by atoms with E-state index < -0.39 is 0 Å². The number of rotatable bonds is 8. The minimum absolute atomic E-state index is 0.161. The van der Waals surface area contributed by atoms with Crippen LogP contribution in [0.4, 0.5) is 0 Å². The summed E-state index contributed by atoms with van der Waals surface area (Å²) >= 11 is 4.65. The van der Waals surface area contributed by atoms with Gasteiger partial charge in [0.2, 0.25) is 0 Å². The molecule has 0 atom stereocenters. The van der Waals surface area contributed by atoms with Gasteiger partial charge in [0.25, 0.3) is 0 Å². The van der Waals surface area contributed by atoms with Gasteiger partial charge in [0, 0.05) is 6.61 Å². The largest absolute Gasteiger partial charge is 0.377 e. The first-order chi connectivity index (χ1) is 9.22. The van der Waals surface area contributed by atoms with Gasteiger partial charge in [-0.15, -0.1) is 0 Å². The van der Waals surface area contributed by atoms with Crippen LogP contribution in [0, 0.1) is 0 Å². The quantitative estimate of drug-likeness (QED) is 0.332. The van der Waals surface area contributed by atoms with Crippen molar-refractivity contribution in [3.8, 4) is 0 Å². The number of hydrazone groups is 1. The molecule has 0 bridgehead atoms. The van der Waals surface area contributed by atoms with E-state index in [-0.39, 0.29) is 5.11 Å². The third-order valence-electron chi connectivity index (χ3n) is 2.53. The van der Waals surface area contributed by atoms with Crippen LogP contribution in [0.15, 0.2) is 29.4 Å². The standard InChI is InChI=1S/C14H21N3OS/c1-2-3-4-9-18-11-13-7-5-12(6-8-13)10-16-17-14(15)19/h5-8,10H,2-4,9,11H2,1H3,(H3,15,17,19). The van der Waals surface area contributed by atoms with Crippen molar-refractivity contribution in [3.63, 3.8) is 0 Å². The number of unbranched alkanes of at least 4 members (excludes halogenated alkanes) is 2.